The predicted octanol–water partition coefficient (Wildman–Crippen LogP) is 3.15. The van der Waals surface area contributed by atoms with Crippen LogP contribution in [0.1, 0.15) is 18.9 Å². The summed E-state index contributed by atoms with van der Waals surface area (Å²) in [6.45, 7) is 2.86. The Labute approximate surface area is 132 Å². The lowest BCUT2D eigenvalue weighted by Crippen LogP contribution is -2.55. The Bertz CT molecular complexity index is 622. The molecule has 0 spiro atoms. The topological polar surface area (TPSA) is 44.5 Å². The summed E-state index contributed by atoms with van der Waals surface area (Å²) in [5.74, 6) is 0.355. The van der Waals surface area contributed by atoms with Crippen molar-refractivity contribution in [2.45, 2.75) is 38.0 Å². The van der Waals surface area contributed by atoms with Gasteiger partial charge in [0.25, 0.3) is 0 Å². The first-order valence-corrected chi connectivity index (χ1v) is 8.07. The van der Waals surface area contributed by atoms with Crippen LogP contribution in [-0.2, 0) is 15.9 Å². The highest BCUT2D eigenvalue weighted by Crippen LogP contribution is 2.26. The summed E-state index contributed by atoms with van der Waals surface area (Å²) in [5.41, 5.74) is 7.71. The average molecular weight is 299 g/mol. The molecule has 1 saturated heterocycles. The fourth-order valence-corrected chi connectivity index (χ4v) is 3.55. The third-order valence-corrected chi connectivity index (χ3v) is 4.79. The molecule has 3 rings (SSSR count). The van der Waals surface area contributed by atoms with Crippen LogP contribution in [0, 0.1) is 5.92 Å². The van der Waals surface area contributed by atoms with Gasteiger partial charge in [-0.1, -0.05) is 49.4 Å². The Morgan fingerprint density at radius 2 is 1.95 bits per heavy atom. The molecule has 0 radical (unpaired) electrons. The first-order chi connectivity index (χ1) is 10.7. The van der Waals surface area contributed by atoms with Crippen LogP contribution in [-0.4, -0.2) is 32.0 Å². The van der Waals surface area contributed by atoms with Crippen molar-refractivity contribution in [3.63, 3.8) is 0 Å². The monoisotopic (exact) mass is 299 g/mol. The Morgan fingerprint density at radius 3 is 2.77 bits per heavy atom. The minimum atomic E-state index is -0.0521. The zero-order chi connectivity index (χ0) is 15.5. The molecule has 2 aromatic rings. The molecule has 0 saturated carbocycles. The van der Waals surface area contributed by atoms with Crippen molar-refractivity contribution in [2.75, 3.05) is 13.7 Å². The van der Waals surface area contributed by atoms with Crippen molar-refractivity contribution >= 4 is 10.8 Å². The molecule has 22 heavy (non-hydrogen) atoms. The van der Waals surface area contributed by atoms with Gasteiger partial charge < -0.3 is 15.2 Å². The molecule has 1 fully saturated rings. The average Bonchev–Trinajstić information content (AvgIpc) is 2.54. The van der Waals surface area contributed by atoms with Gasteiger partial charge in [-0.3, -0.25) is 0 Å². The van der Waals surface area contributed by atoms with E-state index >= 15 is 0 Å². The number of nitrogens with two attached hydrogens (primary N) is 1. The van der Waals surface area contributed by atoms with E-state index in [1.165, 1.54) is 16.3 Å². The van der Waals surface area contributed by atoms with Crippen molar-refractivity contribution in [1.82, 2.24) is 0 Å². The van der Waals surface area contributed by atoms with Crippen molar-refractivity contribution in [2.24, 2.45) is 11.7 Å². The second-order valence-electron chi connectivity index (χ2n) is 6.30. The summed E-state index contributed by atoms with van der Waals surface area (Å²) in [6.07, 6.45) is 2.07. The fourth-order valence-electron chi connectivity index (χ4n) is 3.55. The van der Waals surface area contributed by atoms with E-state index in [1.807, 2.05) is 0 Å². The first kappa shape index (κ1) is 15.5. The molecule has 4 atom stereocenters. The zero-order valence-electron chi connectivity index (χ0n) is 13.4. The smallest absolute Gasteiger partial charge is 0.0794 e. The summed E-state index contributed by atoms with van der Waals surface area (Å²) in [7, 11) is 1.74. The van der Waals surface area contributed by atoms with E-state index in [0.717, 1.165) is 19.4 Å². The maximum atomic E-state index is 6.35. The second-order valence-corrected chi connectivity index (χ2v) is 6.30. The van der Waals surface area contributed by atoms with Gasteiger partial charge in [0, 0.05) is 13.0 Å². The van der Waals surface area contributed by atoms with E-state index in [4.69, 9.17) is 15.2 Å². The molecule has 0 bridgehead atoms. The summed E-state index contributed by atoms with van der Waals surface area (Å²) in [4.78, 5) is 0. The summed E-state index contributed by atoms with van der Waals surface area (Å²) in [6, 6.07) is 14.9. The van der Waals surface area contributed by atoms with Gasteiger partial charge in [0.15, 0.2) is 0 Å². The van der Waals surface area contributed by atoms with Crippen molar-refractivity contribution < 1.29 is 9.47 Å². The predicted molar refractivity (Wildman–Crippen MR) is 89.9 cm³/mol. The number of rotatable bonds is 4. The van der Waals surface area contributed by atoms with Crippen LogP contribution in [0.4, 0.5) is 0 Å². The zero-order valence-corrected chi connectivity index (χ0v) is 13.4. The van der Waals surface area contributed by atoms with Crippen LogP contribution in [0.2, 0.25) is 0 Å². The second kappa shape index (κ2) is 6.78. The summed E-state index contributed by atoms with van der Waals surface area (Å²) in [5, 5.41) is 2.61. The maximum Gasteiger partial charge on any atom is 0.0794 e. The lowest BCUT2D eigenvalue weighted by Gasteiger charge is -2.39. The third kappa shape index (κ3) is 3.02. The highest BCUT2D eigenvalue weighted by molar-refractivity contribution is 5.85. The maximum absolute atomic E-state index is 6.35. The van der Waals surface area contributed by atoms with E-state index in [2.05, 4.69) is 49.4 Å². The van der Waals surface area contributed by atoms with Gasteiger partial charge in [-0.15, -0.1) is 0 Å². The van der Waals surface area contributed by atoms with Gasteiger partial charge in [-0.2, -0.15) is 0 Å². The van der Waals surface area contributed by atoms with Gasteiger partial charge in [0.2, 0.25) is 0 Å². The van der Waals surface area contributed by atoms with Crippen LogP contribution in [0.5, 0.6) is 0 Å². The third-order valence-electron chi connectivity index (χ3n) is 4.79. The van der Waals surface area contributed by atoms with Gasteiger partial charge in [0.05, 0.1) is 24.9 Å². The summed E-state index contributed by atoms with van der Waals surface area (Å²) >= 11 is 0. The van der Waals surface area contributed by atoms with Crippen LogP contribution in [0.15, 0.2) is 42.5 Å². The van der Waals surface area contributed by atoms with Gasteiger partial charge in [0.1, 0.15) is 0 Å². The number of fused-ring (bicyclic) bond motifs is 1. The number of aryl methyl sites for hydroxylation is 1. The number of methoxy groups -OCH3 is 1. The molecule has 2 aromatic carbocycles. The molecule has 1 heterocycles. The number of benzene rings is 2. The van der Waals surface area contributed by atoms with Gasteiger partial charge in [-0.25, -0.2) is 0 Å². The number of ether oxygens (including phenoxy) is 2. The summed E-state index contributed by atoms with van der Waals surface area (Å²) < 4.78 is 11.5. The molecular formula is C19H25NO2. The number of hydrogen-bond acceptors (Lipinski definition) is 3. The lowest BCUT2D eigenvalue weighted by atomic mass is 9.88. The van der Waals surface area contributed by atoms with Crippen molar-refractivity contribution in [3.8, 4) is 0 Å². The van der Waals surface area contributed by atoms with Crippen LogP contribution in [0.25, 0.3) is 10.8 Å². The highest BCUT2D eigenvalue weighted by Gasteiger charge is 2.35. The molecule has 1 aliphatic rings. The Hall–Kier alpha value is -1.42. The van der Waals surface area contributed by atoms with E-state index in [9.17, 15) is 0 Å². The molecule has 118 valence electrons. The van der Waals surface area contributed by atoms with E-state index < -0.39 is 0 Å². The van der Waals surface area contributed by atoms with E-state index in [-0.39, 0.29) is 18.2 Å². The molecule has 0 amide bonds. The molecule has 3 nitrogen and oxygen atoms in total. The molecule has 0 unspecified atom stereocenters. The molecule has 0 aliphatic carbocycles. The Morgan fingerprint density at radius 1 is 1.18 bits per heavy atom. The SMILES string of the molecule is CO[C@@H]1[C@H](N)[C@H](CCc2cccc3ccccc23)OC[C@@H]1C. The van der Waals surface area contributed by atoms with Crippen molar-refractivity contribution in [1.29, 1.82) is 0 Å². The molecular weight excluding hydrogens is 274 g/mol. The lowest BCUT2D eigenvalue weighted by molar-refractivity contribution is -0.108. The van der Waals surface area contributed by atoms with E-state index in [1.54, 1.807) is 7.11 Å². The molecule has 1 aliphatic heterocycles. The molecule has 3 heteroatoms. The highest BCUT2D eigenvalue weighted by atomic mass is 16.5. The minimum absolute atomic E-state index is 0.0521. The van der Waals surface area contributed by atoms with E-state index in [0.29, 0.717) is 5.92 Å². The quantitative estimate of drug-likeness (QED) is 0.943. The van der Waals surface area contributed by atoms with Crippen LogP contribution in [0.3, 0.4) is 0 Å². The fraction of sp³-hybridized carbons (Fsp3) is 0.474. The Kier molecular flexibility index (Phi) is 4.77. The minimum Gasteiger partial charge on any atom is -0.379 e. The number of hydrogen-bond donors (Lipinski definition) is 1. The van der Waals surface area contributed by atoms with Gasteiger partial charge >= 0.3 is 0 Å². The molecule has 2 N–H and O–H groups in total. The van der Waals surface area contributed by atoms with Crippen molar-refractivity contribution in [3.05, 3.63) is 48.0 Å². The largest absolute Gasteiger partial charge is 0.379 e. The van der Waals surface area contributed by atoms with Gasteiger partial charge in [-0.05, 0) is 29.2 Å². The molecule has 0 aromatic heterocycles. The standard InChI is InChI=1S/C19H25NO2/c1-13-12-22-17(18(20)19(13)21-2)11-10-15-8-5-7-14-6-3-4-9-16(14)15/h3-9,13,17-19H,10-12,20H2,1-2H3/t13-,17-,18+,19-/m0/s1. The van der Waals surface area contributed by atoms with Crippen LogP contribution < -0.4 is 5.73 Å². The Balaban J connectivity index is 1.71. The van der Waals surface area contributed by atoms with Crippen LogP contribution >= 0.6 is 0 Å². The first-order valence-electron chi connectivity index (χ1n) is 8.07. The normalized spacial score (nSPS) is 28.9.